The highest BCUT2D eigenvalue weighted by molar-refractivity contribution is 5.92. The Morgan fingerprint density at radius 3 is 2.42 bits per heavy atom. The number of pyridine rings is 1. The van der Waals surface area contributed by atoms with Crippen LogP contribution in [0.1, 0.15) is 12.5 Å². The fraction of sp³-hybridized carbons (Fsp3) is 0.235. The third kappa shape index (κ3) is 2.56. The molecule has 0 bridgehead atoms. The van der Waals surface area contributed by atoms with Gasteiger partial charge in [0.2, 0.25) is 0 Å². The maximum absolute atomic E-state index is 14.1. The van der Waals surface area contributed by atoms with Gasteiger partial charge < -0.3 is 5.32 Å². The molecule has 0 aliphatic rings. The molecule has 0 aliphatic heterocycles. The Kier molecular flexibility index (Phi) is 4.31. The number of halogens is 3. The first-order valence-electron chi connectivity index (χ1n) is 7.76. The molecule has 0 fully saturated rings. The average molecular weight is 364 g/mol. The zero-order chi connectivity index (χ0) is 19.2. The normalized spacial score (nSPS) is 11.2. The van der Waals surface area contributed by atoms with Crippen molar-refractivity contribution in [2.75, 3.05) is 5.32 Å². The molecule has 0 radical (unpaired) electrons. The lowest BCUT2D eigenvalue weighted by atomic mass is 10.1. The van der Waals surface area contributed by atoms with Crippen molar-refractivity contribution in [3.05, 3.63) is 62.2 Å². The molecule has 1 aromatic carbocycles. The van der Waals surface area contributed by atoms with Gasteiger partial charge in [0.15, 0.2) is 23.1 Å². The number of rotatable bonds is 3. The van der Waals surface area contributed by atoms with Gasteiger partial charge in [-0.2, -0.15) is 0 Å². The molecule has 0 aliphatic carbocycles. The Morgan fingerprint density at radius 2 is 1.77 bits per heavy atom. The lowest BCUT2D eigenvalue weighted by Crippen LogP contribution is -2.37. The molecule has 136 valence electrons. The lowest BCUT2D eigenvalue weighted by molar-refractivity contribution is 0.449. The molecular formula is C17H15F3N4O2. The zero-order valence-electron chi connectivity index (χ0n) is 14.2. The van der Waals surface area contributed by atoms with Gasteiger partial charge in [-0.15, -0.1) is 0 Å². The molecule has 3 aromatic rings. The van der Waals surface area contributed by atoms with E-state index >= 15 is 0 Å². The molecule has 0 amide bonds. The van der Waals surface area contributed by atoms with Crippen molar-refractivity contribution in [3.63, 3.8) is 0 Å². The number of nitrogens with one attached hydrogen (secondary N) is 1. The number of fused-ring (bicyclic) bond motifs is 1. The molecule has 9 heteroatoms. The van der Waals surface area contributed by atoms with Gasteiger partial charge >= 0.3 is 5.69 Å². The summed E-state index contributed by atoms with van der Waals surface area (Å²) in [6, 6.07) is 1.81. The second-order valence-corrected chi connectivity index (χ2v) is 5.76. The summed E-state index contributed by atoms with van der Waals surface area (Å²) >= 11 is 0. The van der Waals surface area contributed by atoms with Crippen molar-refractivity contribution >= 4 is 22.4 Å². The molecular weight excluding hydrogens is 349 g/mol. The molecule has 2 aromatic heterocycles. The van der Waals surface area contributed by atoms with Crippen LogP contribution >= 0.6 is 0 Å². The molecule has 6 nitrogen and oxygen atoms in total. The van der Waals surface area contributed by atoms with Gasteiger partial charge in [-0.25, -0.2) is 22.9 Å². The van der Waals surface area contributed by atoms with Crippen molar-refractivity contribution in [3.8, 4) is 0 Å². The minimum atomic E-state index is -1.62. The summed E-state index contributed by atoms with van der Waals surface area (Å²) in [7, 11) is 2.76. The van der Waals surface area contributed by atoms with Crippen molar-refractivity contribution in [2.24, 2.45) is 14.1 Å². The number of hydrogen-bond donors (Lipinski definition) is 1. The van der Waals surface area contributed by atoms with Crippen LogP contribution in [0, 0.1) is 17.5 Å². The predicted molar refractivity (Wildman–Crippen MR) is 91.2 cm³/mol. The van der Waals surface area contributed by atoms with E-state index in [4.69, 9.17) is 0 Å². The molecule has 26 heavy (non-hydrogen) atoms. The summed E-state index contributed by atoms with van der Waals surface area (Å²) in [5.74, 6) is -4.34. The highest BCUT2D eigenvalue weighted by atomic mass is 19.2. The van der Waals surface area contributed by atoms with Crippen molar-refractivity contribution < 1.29 is 13.2 Å². The quantitative estimate of drug-likeness (QED) is 0.725. The molecule has 0 saturated heterocycles. The van der Waals surface area contributed by atoms with E-state index in [1.54, 1.807) is 6.92 Å². The predicted octanol–water partition coefficient (Wildman–Crippen LogP) is 2.36. The largest absolute Gasteiger partial charge is 0.352 e. The van der Waals surface area contributed by atoms with E-state index in [2.05, 4.69) is 10.3 Å². The summed E-state index contributed by atoms with van der Waals surface area (Å²) in [4.78, 5) is 28.9. The van der Waals surface area contributed by atoms with E-state index < -0.39 is 28.7 Å². The van der Waals surface area contributed by atoms with Crippen LogP contribution in [-0.2, 0) is 20.5 Å². The smallest absolute Gasteiger partial charge is 0.332 e. The molecule has 0 saturated carbocycles. The first-order chi connectivity index (χ1) is 12.3. The van der Waals surface area contributed by atoms with Gasteiger partial charge in [-0.3, -0.25) is 13.9 Å². The molecule has 0 unspecified atom stereocenters. The monoisotopic (exact) mass is 364 g/mol. The Hall–Kier alpha value is -3.10. The number of aryl methyl sites for hydroxylation is 2. The highest BCUT2D eigenvalue weighted by Gasteiger charge is 2.19. The van der Waals surface area contributed by atoms with Gasteiger partial charge in [-0.05, 0) is 24.1 Å². The topological polar surface area (TPSA) is 68.9 Å². The van der Waals surface area contributed by atoms with Gasteiger partial charge in [-0.1, -0.05) is 6.92 Å². The maximum Gasteiger partial charge on any atom is 0.332 e. The van der Waals surface area contributed by atoms with Crippen molar-refractivity contribution in [1.29, 1.82) is 0 Å². The van der Waals surface area contributed by atoms with E-state index in [0.717, 1.165) is 16.7 Å². The maximum atomic E-state index is 14.1. The van der Waals surface area contributed by atoms with Crippen LogP contribution in [0.3, 0.4) is 0 Å². The Morgan fingerprint density at radius 1 is 1.08 bits per heavy atom. The Labute approximate surface area is 145 Å². The van der Waals surface area contributed by atoms with Crippen LogP contribution in [-0.4, -0.2) is 14.1 Å². The van der Waals surface area contributed by atoms with E-state index in [9.17, 15) is 22.8 Å². The number of anilines is 2. The van der Waals surface area contributed by atoms with Crippen LogP contribution in [0.5, 0.6) is 0 Å². The van der Waals surface area contributed by atoms with Gasteiger partial charge in [0.1, 0.15) is 5.39 Å². The SMILES string of the molecule is CCc1cnc2c(c1Nc1ccc(F)c(F)c1F)c(=O)n(C)c(=O)n2C. The van der Waals surface area contributed by atoms with Crippen LogP contribution in [0.25, 0.3) is 11.0 Å². The van der Waals surface area contributed by atoms with Gasteiger partial charge in [0, 0.05) is 20.3 Å². The summed E-state index contributed by atoms with van der Waals surface area (Å²) in [6.07, 6.45) is 1.88. The minimum absolute atomic E-state index is 0.0538. The van der Waals surface area contributed by atoms with E-state index in [0.29, 0.717) is 12.0 Å². The number of aromatic nitrogens is 3. The van der Waals surface area contributed by atoms with Crippen molar-refractivity contribution in [2.45, 2.75) is 13.3 Å². The molecule has 1 N–H and O–H groups in total. The van der Waals surface area contributed by atoms with Gasteiger partial charge in [0.25, 0.3) is 5.56 Å². The Balaban J connectivity index is 2.37. The lowest BCUT2D eigenvalue weighted by Gasteiger charge is -2.16. The Bertz CT molecular complexity index is 1150. The molecule has 3 rings (SSSR count). The molecule has 0 atom stereocenters. The standard InChI is InChI=1S/C17H15F3N4O2/c1-4-8-7-21-15-11(16(25)24(3)17(26)23(15)2)14(8)22-10-6-5-9(18)12(19)13(10)20/h5-7H,4H2,1-3H3,(H,21,22). The summed E-state index contributed by atoms with van der Waals surface area (Å²) in [6.45, 7) is 1.79. The first-order valence-corrected chi connectivity index (χ1v) is 7.76. The second-order valence-electron chi connectivity index (χ2n) is 5.76. The van der Waals surface area contributed by atoms with E-state index in [-0.39, 0.29) is 22.4 Å². The van der Waals surface area contributed by atoms with E-state index in [1.807, 2.05) is 0 Å². The third-order valence-corrected chi connectivity index (χ3v) is 4.22. The van der Waals surface area contributed by atoms with Gasteiger partial charge in [0.05, 0.1) is 11.4 Å². The average Bonchev–Trinajstić information content (AvgIpc) is 2.64. The van der Waals surface area contributed by atoms with Crippen LogP contribution in [0.15, 0.2) is 27.9 Å². The minimum Gasteiger partial charge on any atom is -0.352 e. The van der Waals surface area contributed by atoms with Crippen LogP contribution in [0.4, 0.5) is 24.5 Å². The van der Waals surface area contributed by atoms with Crippen LogP contribution in [0.2, 0.25) is 0 Å². The summed E-state index contributed by atoms with van der Waals surface area (Å²) in [5.41, 5.74) is -0.681. The first kappa shape index (κ1) is 17.7. The zero-order valence-corrected chi connectivity index (χ0v) is 14.2. The third-order valence-electron chi connectivity index (χ3n) is 4.22. The summed E-state index contributed by atoms with van der Waals surface area (Å²) in [5, 5.41) is 2.72. The number of benzene rings is 1. The summed E-state index contributed by atoms with van der Waals surface area (Å²) < 4.78 is 42.9. The van der Waals surface area contributed by atoms with E-state index in [1.165, 1.54) is 24.9 Å². The number of nitrogens with zero attached hydrogens (tertiary/aromatic N) is 3. The fourth-order valence-electron chi connectivity index (χ4n) is 2.74. The molecule has 0 spiro atoms. The number of hydrogen-bond acceptors (Lipinski definition) is 4. The highest BCUT2D eigenvalue weighted by Crippen LogP contribution is 2.29. The second kappa shape index (κ2) is 6.32. The van der Waals surface area contributed by atoms with Crippen LogP contribution < -0.4 is 16.6 Å². The molecule has 2 heterocycles. The fourth-order valence-corrected chi connectivity index (χ4v) is 2.74. The van der Waals surface area contributed by atoms with Crippen molar-refractivity contribution in [1.82, 2.24) is 14.1 Å².